The molecule has 0 saturated carbocycles. The van der Waals surface area contributed by atoms with E-state index in [1.807, 2.05) is 18.2 Å². The second-order valence-electron chi connectivity index (χ2n) is 5.26. The van der Waals surface area contributed by atoms with Gasteiger partial charge in [-0.3, -0.25) is 4.79 Å². The minimum atomic E-state index is -0.247. The van der Waals surface area contributed by atoms with Crippen molar-refractivity contribution < 1.29 is 9.53 Å². The largest absolute Gasteiger partial charge is 0.486 e. The van der Waals surface area contributed by atoms with Gasteiger partial charge >= 0.3 is 0 Å². The number of para-hydroxylation sites is 1. The highest BCUT2D eigenvalue weighted by atomic mass is 35.5. The van der Waals surface area contributed by atoms with Gasteiger partial charge in [0.15, 0.2) is 0 Å². The van der Waals surface area contributed by atoms with Crippen LogP contribution in [-0.4, -0.2) is 24.5 Å². The number of anilines is 1. The van der Waals surface area contributed by atoms with Gasteiger partial charge in [0.05, 0.1) is 27.5 Å². The number of carbonyl (C=O) groups is 1. The lowest BCUT2D eigenvalue weighted by molar-refractivity contribution is -0.117. The monoisotopic (exact) mass is 395 g/mol. The summed E-state index contributed by atoms with van der Waals surface area (Å²) in [6, 6.07) is 9.10. The molecule has 2 N–H and O–H groups in total. The number of halogens is 2. The SMILES string of the molecule is CN(C(=O)CN)c1ccc(Cl)c(COc2cccc3scnc23)c1Cl. The molecule has 0 aliphatic carbocycles. The third-order valence-electron chi connectivity index (χ3n) is 3.77. The molecule has 1 aromatic heterocycles. The molecule has 1 amide bonds. The molecule has 25 heavy (non-hydrogen) atoms. The Hall–Kier alpha value is -1.86. The van der Waals surface area contributed by atoms with Crippen molar-refractivity contribution in [2.24, 2.45) is 5.73 Å². The number of aromatic nitrogens is 1. The lowest BCUT2D eigenvalue weighted by Gasteiger charge is -2.20. The zero-order chi connectivity index (χ0) is 18.0. The third-order valence-corrected chi connectivity index (χ3v) is 5.34. The van der Waals surface area contributed by atoms with Crippen molar-refractivity contribution >= 4 is 56.3 Å². The fourth-order valence-electron chi connectivity index (χ4n) is 2.37. The predicted octanol–water partition coefficient (Wildman–Crippen LogP) is 4.10. The van der Waals surface area contributed by atoms with Crippen LogP contribution in [-0.2, 0) is 11.4 Å². The maximum atomic E-state index is 11.8. The Morgan fingerprint density at radius 3 is 2.88 bits per heavy atom. The smallest absolute Gasteiger partial charge is 0.240 e. The van der Waals surface area contributed by atoms with Crippen LogP contribution in [0, 0.1) is 0 Å². The lowest BCUT2D eigenvalue weighted by atomic mass is 10.2. The summed E-state index contributed by atoms with van der Waals surface area (Å²) in [5.74, 6) is 0.408. The van der Waals surface area contributed by atoms with E-state index < -0.39 is 0 Å². The first-order chi connectivity index (χ1) is 12.0. The van der Waals surface area contributed by atoms with Gasteiger partial charge in [0.25, 0.3) is 0 Å². The highest BCUT2D eigenvalue weighted by Gasteiger charge is 2.18. The van der Waals surface area contributed by atoms with Gasteiger partial charge in [-0.15, -0.1) is 11.3 Å². The summed E-state index contributed by atoms with van der Waals surface area (Å²) >= 11 is 14.3. The van der Waals surface area contributed by atoms with Crippen molar-refractivity contribution in [1.29, 1.82) is 0 Å². The third kappa shape index (κ3) is 3.57. The molecule has 130 valence electrons. The van der Waals surface area contributed by atoms with Gasteiger partial charge in [-0.25, -0.2) is 4.98 Å². The number of nitrogens with two attached hydrogens (primary N) is 1. The first-order valence-corrected chi connectivity index (χ1v) is 9.05. The molecule has 0 fully saturated rings. The standard InChI is InChI=1S/C17H15Cl2N3O2S/c1-22(15(23)7-20)12-6-5-11(18)10(16(12)19)8-24-13-3-2-4-14-17(13)21-9-25-14/h2-6,9H,7-8,20H2,1H3. The molecule has 5 nitrogen and oxygen atoms in total. The van der Waals surface area contributed by atoms with Gasteiger partial charge < -0.3 is 15.4 Å². The van der Waals surface area contributed by atoms with Crippen LogP contribution in [0.2, 0.25) is 10.0 Å². The molecule has 1 heterocycles. The van der Waals surface area contributed by atoms with Crippen molar-refractivity contribution in [3.63, 3.8) is 0 Å². The molecule has 2 aromatic carbocycles. The van der Waals surface area contributed by atoms with E-state index in [1.165, 1.54) is 4.90 Å². The second kappa shape index (κ2) is 7.58. The molecule has 3 rings (SSSR count). The number of nitrogens with zero attached hydrogens (tertiary/aromatic N) is 2. The van der Waals surface area contributed by atoms with Gasteiger partial charge in [0.2, 0.25) is 5.91 Å². The van der Waals surface area contributed by atoms with Crippen LogP contribution in [0.15, 0.2) is 35.8 Å². The number of likely N-dealkylation sites (N-methyl/N-ethyl adjacent to an activating group) is 1. The van der Waals surface area contributed by atoms with Crippen LogP contribution >= 0.6 is 34.5 Å². The summed E-state index contributed by atoms with van der Waals surface area (Å²) in [7, 11) is 1.62. The number of hydrogen-bond acceptors (Lipinski definition) is 5. The molecule has 3 aromatic rings. The van der Waals surface area contributed by atoms with E-state index in [0.717, 1.165) is 10.2 Å². The molecule has 0 aliphatic rings. The average molecular weight is 396 g/mol. The molecule has 0 saturated heterocycles. The van der Waals surface area contributed by atoms with E-state index in [1.54, 1.807) is 36.0 Å². The average Bonchev–Trinajstić information content (AvgIpc) is 3.10. The van der Waals surface area contributed by atoms with E-state index >= 15 is 0 Å². The molecular weight excluding hydrogens is 381 g/mol. The fourth-order valence-corrected chi connectivity index (χ4v) is 3.67. The Bertz CT molecular complexity index is 929. The van der Waals surface area contributed by atoms with Gasteiger partial charge in [-0.05, 0) is 24.3 Å². The van der Waals surface area contributed by atoms with Crippen LogP contribution < -0.4 is 15.4 Å². The summed E-state index contributed by atoms with van der Waals surface area (Å²) < 4.78 is 6.93. The summed E-state index contributed by atoms with van der Waals surface area (Å²) in [6.45, 7) is 0.0555. The van der Waals surface area contributed by atoms with Gasteiger partial charge in [0.1, 0.15) is 17.9 Å². The fraction of sp³-hybridized carbons (Fsp3) is 0.176. The van der Waals surface area contributed by atoms with E-state index in [-0.39, 0.29) is 19.1 Å². The summed E-state index contributed by atoms with van der Waals surface area (Å²) in [5, 5.41) is 0.829. The number of thiazole rings is 1. The van der Waals surface area contributed by atoms with Crippen LogP contribution in [0.1, 0.15) is 5.56 Å². The Morgan fingerprint density at radius 2 is 2.12 bits per heavy atom. The summed E-state index contributed by atoms with van der Waals surface area (Å²) in [4.78, 5) is 17.6. The Morgan fingerprint density at radius 1 is 1.32 bits per heavy atom. The van der Waals surface area contributed by atoms with Crippen molar-refractivity contribution in [1.82, 2.24) is 4.98 Å². The number of ether oxygens (including phenoxy) is 1. The van der Waals surface area contributed by atoms with Gasteiger partial charge in [0, 0.05) is 17.6 Å². The summed E-state index contributed by atoms with van der Waals surface area (Å²) in [5.41, 5.74) is 9.12. The number of fused-ring (bicyclic) bond motifs is 1. The highest BCUT2D eigenvalue weighted by Crippen LogP contribution is 2.35. The first-order valence-electron chi connectivity index (χ1n) is 7.41. The van der Waals surface area contributed by atoms with Crippen molar-refractivity contribution in [2.75, 3.05) is 18.5 Å². The lowest BCUT2D eigenvalue weighted by Crippen LogP contribution is -2.32. The zero-order valence-electron chi connectivity index (χ0n) is 13.3. The van der Waals surface area contributed by atoms with E-state index in [0.29, 0.717) is 27.0 Å². The first kappa shape index (κ1) is 17.9. The molecule has 8 heteroatoms. The second-order valence-corrected chi connectivity index (χ2v) is 6.93. The van der Waals surface area contributed by atoms with Crippen molar-refractivity contribution in [2.45, 2.75) is 6.61 Å². The predicted molar refractivity (Wildman–Crippen MR) is 103 cm³/mol. The molecule has 0 bridgehead atoms. The van der Waals surface area contributed by atoms with E-state index in [4.69, 9.17) is 33.7 Å². The quantitative estimate of drug-likeness (QED) is 0.705. The van der Waals surface area contributed by atoms with E-state index in [9.17, 15) is 4.79 Å². The molecule has 0 unspecified atom stereocenters. The molecule has 0 radical (unpaired) electrons. The minimum Gasteiger partial charge on any atom is -0.486 e. The number of benzene rings is 2. The molecule has 0 atom stereocenters. The Labute approximate surface area is 158 Å². The minimum absolute atomic E-state index is 0.104. The van der Waals surface area contributed by atoms with Crippen LogP contribution in [0.5, 0.6) is 5.75 Å². The number of hydrogen-bond donors (Lipinski definition) is 1. The van der Waals surface area contributed by atoms with Crippen LogP contribution in [0.4, 0.5) is 5.69 Å². The number of amides is 1. The van der Waals surface area contributed by atoms with Gasteiger partial charge in [-0.2, -0.15) is 0 Å². The Kier molecular flexibility index (Phi) is 5.44. The highest BCUT2D eigenvalue weighted by molar-refractivity contribution is 7.16. The summed E-state index contributed by atoms with van der Waals surface area (Å²) in [6.07, 6.45) is 0. The van der Waals surface area contributed by atoms with Crippen LogP contribution in [0.3, 0.4) is 0 Å². The van der Waals surface area contributed by atoms with Gasteiger partial charge in [-0.1, -0.05) is 29.3 Å². The maximum Gasteiger partial charge on any atom is 0.240 e. The zero-order valence-corrected chi connectivity index (χ0v) is 15.7. The van der Waals surface area contributed by atoms with Crippen LogP contribution in [0.25, 0.3) is 10.2 Å². The van der Waals surface area contributed by atoms with Crippen molar-refractivity contribution in [3.8, 4) is 5.75 Å². The van der Waals surface area contributed by atoms with E-state index in [2.05, 4.69) is 4.98 Å². The molecule has 0 spiro atoms. The Balaban J connectivity index is 1.89. The topological polar surface area (TPSA) is 68.5 Å². The molecular formula is C17H15Cl2N3O2S. The molecule has 0 aliphatic heterocycles. The maximum absolute atomic E-state index is 11.8. The van der Waals surface area contributed by atoms with Crippen molar-refractivity contribution in [3.05, 3.63) is 51.5 Å². The normalized spacial score (nSPS) is 10.9. The number of rotatable bonds is 5. The number of carbonyl (C=O) groups excluding carboxylic acids is 1.